The lowest BCUT2D eigenvalue weighted by atomic mass is 9.13. The predicted molar refractivity (Wildman–Crippen MR) is 229 cm³/mol. The van der Waals surface area contributed by atoms with Crippen LogP contribution in [0.2, 0.25) is 0 Å². The summed E-state index contributed by atoms with van der Waals surface area (Å²) in [5.74, 6) is 2.39. The monoisotopic (exact) mass is 685 g/mol. The van der Waals surface area contributed by atoms with Gasteiger partial charge in [-0.05, 0) is 39.3 Å². The van der Waals surface area contributed by atoms with Crippen LogP contribution in [0.4, 0.5) is 0 Å². The van der Waals surface area contributed by atoms with Gasteiger partial charge in [-0.2, -0.15) is 35.9 Å². The Balaban J connectivity index is 0.000000176. The topological polar surface area (TPSA) is 9.72 Å². The summed E-state index contributed by atoms with van der Waals surface area (Å²) >= 11 is 0. The van der Waals surface area contributed by atoms with E-state index in [-0.39, 0.29) is 0 Å². The second-order valence-electron chi connectivity index (χ2n) is 13.7. The molecule has 3 nitrogen and oxygen atoms in total. The van der Waals surface area contributed by atoms with Crippen molar-refractivity contribution in [1.82, 2.24) is 14.0 Å². The highest BCUT2D eigenvalue weighted by molar-refractivity contribution is 7.72. The zero-order valence-corrected chi connectivity index (χ0v) is 31.7. The molecule has 256 valence electrons. The third-order valence-corrected chi connectivity index (χ3v) is 14.3. The molecule has 0 atom stereocenters. The minimum atomic E-state index is -1.70. The Bertz CT molecular complexity index is 2000. The first kappa shape index (κ1) is 36.0. The first-order chi connectivity index (χ1) is 24.8. The van der Waals surface area contributed by atoms with E-state index in [4.69, 9.17) is 0 Å². The van der Waals surface area contributed by atoms with E-state index < -0.39 is 13.9 Å². The second-order valence-corrected chi connectivity index (χ2v) is 17.6. The maximum absolute atomic E-state index is 2.39. The van der Waals surface area contributed by atoms with Crippen molar-refractivity contribution in [3.8, 4) is 0 Å². The molecule has 0 aliphatic rings. The molecule has 0 heterocycles. The van der Waals surface area contributed by atoms with Gasteiger partial charge in [-0.25, -0.2) is 0 Å². The van der Waals surface area contributed by atoms with Gasteiger partial charge < -0.3 is 0 Å². The molecule has 0 spiro atoms. The lowest BCUT2D eigenvalue weighted by Gasteiger charge is -2.44. The van der Waals surface area contributed by atoms with Gasteiger partial charge in [0, 0.05) is 42.3 Å². The van der Waals surface area contributed by atoms with Crippen molar-refractivity contribution in [1.29, 1.82) is 0 Å². The highest BCUT2D eigenvalue weighted by atomic mass is 31.2. The molecule has 0 radical (unpaired) electrons. The van der Waals surface area contributed by atoms with Gasteiger partial charge in [-0.15, -0.1) is 0 Å². The average molecular weight is 686 g/mol. The summed E-state index contributed by atoms with van der Waals surface area (Å²) < 4.78 is 7.02. The normalized spacial score (nSPS) is 12.2. The van der Waals surface area contributed by atoms with Gasteiger partial charge in [0.1, 0.15) is 12.0 Å². The van der Waals surface area contributed by atoms with Crippen LogP contribution < -0.4 is 21.9 Å². The number of nitrogens with zero attached hydrogens (tertiary/aromatic N) is 3. The Kier molecular flexibility index (Phi) is 11.3. The first-order valence-electron chi connectivity index (χ1n) is 17.7. The quantitative estimate of drug-likeness (QED) is 0.0858. The van der Waals surface area contributed by atoms with Crippen molar-refractivity contribution in [2.75, 3.05) is 42.3 Å². The Morgan fingerprint density at radius 1 is 0.392 bits per heavy atom. The van der Waals surface area contributed by atoms with Gasteiger partial charge in [-0.1, -0.05) is 170 Å². The third-order valence-electron chi connectivity index (χ3n) is 10.2. The highest BCUT2D eigenvalue weighted by Crippen LogP contribution is 2.65. The molecular weight excluding hydrogens is 636 g/mol. The van der Waals surface area contributed by atoms with Crippen molar-refractivity contribution in [3.05, 3.63) is 187 Å². The molecule has 0 aromatic heterocycles. The molecule has 0 fully saturated rings. The smallest absolute Gasteiger partial charge is 0.195 e. The zero-order valence-electron chi connectivity index (χ0n) is 30.8. The summed E-state index contributed by atoms with van der Waals surface area (Å²) in [7, 11) is 11.3. The summed E-state index contributed by atoms with van der Waals surface area (Å²) in [5.41, 5.74) is 6.63. The standard InChI is InChI=1S/C24H20B.C22H29N3P/c1-5-13-21(14-6-1)25(22-15-7-2-8-16-22,23-17-9-3-10-18-23)24-19-11-4-12-20-24;1-23(2)26(24(3)4,25(5)6)16-15-19-17-18-11-7-8-12-20(18)22-14-10-9-13-21(19)22/h1-20H;7-17H,1-6H3/q-1;+1/b;16-15+. The summed E-state index contributed by atoms with van der Waals surface area (Å²) in [6, 6.07) is 63.2. The fourth-order valence-corrected chi connectivity index (χ4v) is 11.3. The van der Waals surface area contributed by atoms with Crippen molar-refractivity contribution in [2.45, 2.75) is 0 Å². The molecule has 0 unspecified atom stereocenters. The molecule has 0 N–H and O–H groups in total. The average Bonchev–Trinajstić information content (AvgIpc) is 3.17. The SMILES string of the molecule is CN(C)[P+](/C=C/c1cc2ccccc2c2ccccc12)(N(C)C)N(C)C.c1ccc([B-](c2ccccc2)(c2ccccc2)c2ccccc2)cc1. The van der Waals surface area contributed by atoms with E-state index in [0.29, 0.717) is 0 Å². The van der Waals surface area contributed by atoms with Crippen LogP contribution in [0.3, 0.4) is 0 Å². The van der Waals surface area contributed by atoms with Crippen LogP contribution in [-0.4, -0.2) is 62.4 Å². The van der Waals surface area contributed by atoms with E-state index in [2.05, 4.69) is 244 Å². The van der Waals surface area contributed by atoms with Crippen LogP contribution >= 0.6 is 7.71 Å². The van der Waals surface area contributed by atoms with Crippen LogP contribution in [0.1, 0.15) is 5.56 Å². The largest absolute Gasteiger partial charge is 0.253 e. The minimum Gasteiger partial charge on any atom is -0.195 e. The van der Waals surface area contributed by atoms with Crippen LogP contribution in [0.15, 0.2) is 182 Å². The van der Waals surface area contributed by atoms with Crippen LogP contribution in [0.5, 0.6) is 0 Å². The molecule has 0 amide bonds. The number of hydrogen-bond acceptors (Lipinski definition) is 3. The number of rotatable bonds is 9. The van der Waals surface area contributed by atoms with Gasteiger partial charge in [-0.3, -0.25) is 0 Å². The molecular formula is C46H49BN3P. The third kappa shape index (κ3) is 7.07. The summed E-state index contributed by atoms with van der Waals surface area (Å²) in [5, 5.41) is 5.22. The Hall–Kier alpha value is -4.83. The Morgan fingerprint density at radius 3 is 1.12 bits per heavy atom. The van der Waals surface area contributed by atoms with E-state index in [1.165, 1.54) is 49.0 Å². The predicted octanol–water partition coefficient (Wildman–Crippen LogP) is 8.48. The van der Waals surface area contributed by atoms with Gasteiger partial charge in [0.05, 0.1) is 0 Å². The van der Waals surface area contributed by atoms with Crippen LogP contribution in [-0.2, 0) is 0 Å². The molecule has 7 aromatic carbocycles. The van der Waals surface area contributed by atoms with Gasteiger partial charge >= 0.3 is 0 Å². The lowest BCUT2D eigenvalue weighted by Crippen LogP contribution is -2.74. The molecule has 51 heavy (non-hydrogen) atoms. The van der Waals surface area contributed by atoms with E-state index in [1.54, 1.807) is 0 Å². The Morgan fingerprint density at radius 2 is 0.725 bits per heavy atom. The van der Waals surface area contributed by atoms with Crippen molar-refractivity contribution in [3.63, 3.8) is 0 Å². The molecule has 0 saturated carbocycles. The fourth-order valence-electron chi connectivity index (χ4n) is 8.00. The maximum Gasteiger partial charge on any atom is 0.253 e. The lowest BCUT2D eigenvalue weighted by molar-refractivity contribution is 0.472. The molecule has 0 aliphatic carbocycles. The first-order valence-corrected chi connectivity index (χ1v) is 19.4. The molecule has 0 aliphatic heterocycles. The van der Waals surface area contributed by atoms with Crippen molar-refractivity contribution in [2.24, 2.45) is 0 Å². The van der Waals surface area contributed by atoms with Crippen molar-refractivity contribution < 1.29 is 0 Å². The molecule has 7 rings (SSSR count). The molecule has 0 saturated heterocycles. The maximum atomic E-state index is 2.39. The van der Waals surface area contributed by atoms with Gasteiger partial charge in [0.2, 0.25) is 0 Å². The van der Waals surface area contributed by atoms with Gasteiger partial charge in [0.25, 0.3) is 7.71 Å². The van der Waals surface area contributed by atoms with Crippen LogP contribution in [0.25, 0.3) is 27.6 Å². The Labute approximate surface area is 305 Å². The molecule has 7 aromatic rings. The number of fused-ring (bicyclic) bond motifs is 3. The summed E-state index contributed by atoms with van der Waals surface area (Å²) in [6.45, 7) is 0. The van der Waals surface area contributed by atoms with E-state index in [0.717, 1.165) is 0 Å². The van der Waals surface area contributed by atoms with E-state index >= 15 is 0 Å². The zero-order chi connectivity index (χ0) is 35.8. The minimum absolute atomic E-state index is 1.22. The van der Waals surface area contributed by atoms with E-state index in [1.807, 2.05) is 0 Å². The fraction of sp³-hybridized carbons (Fsp3) is 0.130. The summed E-state index contributed by atoms with van der Waals surface area (Å²) in [4.78, 5) is 0. The van der Waals surface area contributed by atoms with Crippen LogP contribution in [0, 0.1) is 0 Å². The number of hydrogen-bond donors (Lipinski definition) is 0. The van der Waals surface area contributed by atoms with Crippen molar-refractivity contribution >= 4 is 63.3 Å². The summed E-state index contributed by atoms with van der Waals surface area (Å²) in [6.07, 6.45) is 1.09. The number of benzene rings is 7. The second kappa shape index (κ2) is 16.0. The molecule has 0 bridgehead atoms. The van der Waals surface area contributed by atoms with Gasteiger partial charge in [0.15, 0.2) is 0 Å². The highest BCUT2D eigenvalue weighted by Gasteiger charge is 2.45. The molecule has 5 heteroatoms. The van der Waals surface area contributed by atoms with E-state index in [9.17, 15) is 0 Å².